The molecule has 1 unspecified atom stereocenters. The Morgan fingerprint density at radius 1 is 1.73 bits per heavy atom. The summed E-state index contributed by atoms with van der Waals surface area (Å²) in [6.45, 7) is 2.65. The Morgan fingerprint density at radius 3 is 2.82 bits per heavy atom. The molecule has 64 valence electrons. The number of rotatable bonds is 5. The second kappa shape index (κ2) is 5.92. The van der Waals surface area contributed by atoms with Gasteiger partial charge in [0.25, 0.3) is 0 Å². The van der Waals surface area contributed by atoms with Crippen LogP contribution in [0.25, 0.3) is 0 Å². The van der Waals surface area contributed by atoms with Crippen molar-refractivity contribution in [2.24, 2.45) is 11.7 Å². The number of aliphatic carboxylic acids is 1. The van der Waals surface area contributed by atoms with Crippen molar-refractivity contribution >= 4 is 5.97 Å². The molecule has 0 aromatic heterocycles. The summed E-state index contributed by atoms with van der Waals surface area (Å²) in [5.41, 5.74) is 5.29. The lowest BCUT2D eigenvalue weighted by Crippen LogP contribution is -2.01. The zero-order valence-electron chi connectivity index (χ0n) is 6.79. The fourth-order valence-corrected chi connectivity index (χ4v) is 0.783. The van der Waals surface area contributed by atoms with E-state index in [1.807, 2.05) is 6.92 Å². The first-order chi connectivity index (χ1) is 5.16. The number of carboxylic acids is 1. The van der Waals surface area contributed by atoms with E-state index in [4.69, 9.17) is 10.8 Å². The maximum atomic E-state index is 10.1. The molecular weight excluding hydrogens is 142 g/mol. The number of hydrogen-bond acceptors (Lipinski definition) is 2. The highest BCUT2D eigenvalue weighted by molar-refractivity contribution is 5.79. The van der Waals surface area contributed by atoms with Crippen LogP contribution in [0.3, 0.4) is 0 Å². The van der Waals surface area contributed by atoms with Gasteiger partial charge >= 0.3 is 5.97 Å². The first kappa shape index (κ1) is 10.2. The van der Waals surface area contributed by atoms with Gasteiger partial charge in [0.15, 0.2) is 0 Å². The third-order valence-corrected chi connectivity index (χ3v) is 1.43. The van der Waals surface area contributed by atoms with Crippen molar-refractivity contribution in [3.05, 3.63) is 12.2 Å². The highest BCUT2D eigenvalue weighted by atomic mass is 16.4. The third-order valence-electron chi connectivity index (χ3n) is 1.43. The smallest absolute Gasteiger partial charge is 0.327 e. The van der Waals surface area contributed by atoms with Gasteiger partial charge in [-0.1, -0.05) is 13.0 Å². The standard InChI is InChI=1S/C8H15NO2/c1-7(3-2-6-9)4-5-8(10)11/h4-5,7H,2-3,6,9H2,1H3,(H,10,11)/b5-4+. The van der Waals surface area contributed by atoms with Crippen LogP contribution in [0.5, 0.6) is 0 Å². The average Bonchev–Trinajstić information content (AvgIpc) is 1.97. The van der Waals surface area contributed by atoms with Crippen molar-refractivity contribution in [3.63, 3.8) is 0 Å². The Bertz CT molecular complexity index is 143. The molecule has 3 heteroatoms. The number of allylic oxidation sites excluding steroid dienone is 1. The normalized spacial score (nSPS) is 13.6. The minimum absolute atomic E-state index is 0.314. The van der Waals surface area contributed by atoms with Crippen LogP contribution in [-0.4, -0.2) is 17.6 Å². The Hall–Kier alpha value is -0.830. The van der Waals surface area contributed by atoms with Gasteiger partial charge in [-0.3, -0.25) is 0 Å². The van der Waals surface area contributed by atoms with Crippen LogP contribution < -0.4 is 5.73 Å². The summed E-state index contributed by atoms with van der Waals surface area (Å²) >= 11 is 0. The monoisotopic (exact) mass is 157 g/mol. The maximum Gasteiger partial charge on any atom is 0.327 e. The number of hydrogen-bond donors (Lipinski definition) is 2. The average molecular weight is 157 g/mol. The predicted octanol–water partition coefficient (Wildman–Crippen LogP) is 1.00. The molecule has 0 heterocycles. The van der Waals surface area contributed by atoms with E-state index in [1.54, 1.807) is 6.08 Å². The van der Waals surface area contributed by atoms with E-state index >= 15 is 0 Å². The summed E-state index contributed by atoms with van der Waals surface area (Å²) in [7, 11) is 0. The molecule has 0 radical (unpaired) electrons. The van der Waals surface area contributed by atoms with Crippen molar-refractivity contribution in [1.29, 1.82) is 0 Å². The molecule has 0 amide bonds. The van der Waals surface area contributed by atoms with Gasteiger partial charge in [-0.2, -0.15) is 0 Å². The van der Waals surface area contributed by atoms with Gasteiger partial charge in [-0.25, -0.2) is 4.79 Å². The van der Waals surface area contributed by atoms with Crippen molar-refractivity contribution in [2.45, 2.75) is 19.8 Å². The van der Waals surface area contributed by atoms with Crippen LogP contribution in [0.15, 0.2) is 12.2 Å². The van der Waals surface area contributed by atoms with E-state index in [-0.39, 0.29) is 0 Å². The van der Waals surface area contributed by atoms with Gasteiger partial charge in [0.05, 0.1) is 0 Å². The van der Waals surface area contributed by atoms with Gasteiger partial charge in [-0.05, 0) is 25.3 Å². The summed E-state index contributed by atoms with van der Waals surface area (Å²) in [5.74, 6) is -0.570. The maximum absolute atomic E-state index is 10.1. The largest absolute Gasteiger partial charge is 0.478 e. The van der Waals surface area contributed by atoms with Gasteiger partial charge in [0.1, 0.15) is 0 Å². The Labute approximate surface area is 66.9 Å². The highest BCUT2D eigenvalue weighted by Crippen LogP contribution is 2.05. The van der Waals surface area contributed by atoms with Crippen LogP contribution in [0.1, 0.15) is 19.8 Å². The van der Waals surface area contributed by atoms with E-state index in [9.17, 15) is 4.79 Å². The van der Waals surface area contributed by atoms with Crippen LogP contribution >= 0.6 is 0 Å². The van der Waals surface area contributed by atoms with Crippen LogP contribution in [0.2, 0.25) is 0 Å². The van der Waals surface area contributed by atoms with E-state index in [0.717, 1.165) is 12.8 Å². The number of nitrogens with two attached hydrogens (primary N) is 1. The molecule has 0 rings (SSSR count). The van der Waals surface area contributed by atoms with Crippen LogP contribution in [0, 0.1) is 5.92 Å². The second-order valence-electron chi connectivity index (χ2n) is 2.61. The first-order valence-corrected chi connectivity index (χ1v) is 3.78. The molecule has 0 spiro atoms. The lowest BCUT2D eigenvalue weighted by molar-refractivity contribution is -0.131. The SMILES string of the molecule is CC(/C=C/C(=O)O)CCCN. The summed E-state index contributed by atoms with van der Waals surface area (Å²) in [6, 6.07) is 0. The van der Waals surface area contributed by atoms with Gasteiger partial charge in [-0.15, -0.1) is 0 Å². The van der Waals surface area contributed by atoms with Crippen LogP contribution in [-0.2, 0) is 4.79 Å². The zero-order chi connectivity index (χ0) is 8.69. The molecule has 0 aliphatic rings. The lowest BCUT2D eigenvalue weighted by Gasteiger charge is -2.02. The summed E-state index contributed by atoms with van der Waals surface area (Å²) in [6.07, 6.45) is 4.78. The van der Waals surface area contributed by atoms with E-state index < -0.39 is 5.97 Å². The van der Waals surface area contributed by atoms with Gasteiger partial charge in [0, 0.05) is 6.08 Å². The summed E-state index contributed by atoms with van der Waals surface area (Å²) < 4.78 is 0. The minimum atomic E-state index is -0.885. The third kappa shape index (κ3) is 7.06. The second-order valence-corrected chi connectivity index (χ2v) is 2.61. The molecule has 0 saturated carbocycles. The van der Waals surface area contributed by atoms with Crippen molar-refractivity contribution in [3.8, 4) is 0 Å². The van der Waals surface area contributed by atoms with Crippen molar-refractivity contribution in [2.75, 3.05) is 6.54 Å². The summed E-state index contributed by atoms with van der Waals surface area (Å²) in [4.78, 5) is 10.1. The molecule has 0 aliphatic heterocycles. The highest BCUT2D eigenvalue weighted by Gasteiger charge is 1.96. The Morgan fingerprint density at radius 2 is 2.36 bits per heavy atom. The van der Waals surface area contributed by atoms with E-state index in [1.165, 1.54) is 6.08 Å². The minimum Gasteiger partial charge on any atom is -0.478 e. The van der Waals surface area contributed by atoms with Gasteiger partial charge in [0.2, 0.25) is 0 Å². The molecule has 0 aromatic carbocycles. The quantitative estimate of drug-likeness (QED) is 0.585. The van der Waals surface area contributed by atoms with E-state index in [2.05, 4.69) is 0 Å². The Balaban J connectivity index is 3.50. The number of carbonyl (C=O) groups is 1. The van der Waals surface area contributed by atoms with E-state index in [0.29, 0.717) is 12.5 Å². The molecule has 1 atom stereocenters. The molecule has 3 nitrogen and oxygen atoms in total. The molecule has 3 N–H and O–H groups in total. The fourth-order valence-electron chi connectivity index (χ4n) is 0.783. The summed E-state index contributed by atoms with van der Waals surface area (Å²) in [5, 5.41) is 8.28. The lowest BCUT2D eigenvalue weighted by atomic mass is 10.1. The first-order valence-electron chi connectivity index (χ1n) is 3.78. The Kier molecular flexibility index (Phi) is 5.47. The molecule has 0 bridgehead atoms. The molecule has 0 aliphatic carbocycles. The van der Waals surface area contributed by atoms with Crippen LogP contribution in [0.4, 0.5) is 0 Å². The molecule has 11 heavy (non-hydrogen) atoms. The predicted molar refractivity (Wildman–Crippen MR) is 44.2 cm³/mol. The fraction of sp³-hybridized carbons (Fsp3) is 0.625. The van der Waals surface area contributed by atoms with Crippen molar-refractivity contribution < 1.29 is 9.90 Å². The molecule has 0 saturated heterocycles. The topological polar surface area (TPSA) is 63.3 Å². The molecule has 0 fully saturated rings. The van der Waals surface area contributed by atoms with Crippen molar-refractivity contribution in [1.82, 2.24) is 0 Å². The number of carboxylic acid groups (broad SMARTS) is 1. The van der Waals surface area contributed by atoms with Gasteiger partial charge < -0.3 is 10.8 Å². The molecule has 0 aromatic rings. The zero-order valence-corrected chi connectivity index (χ0v) is 6.79. The molecular formula is C8H15NO2.